The molecule has 18 fully saturated rings. The van der Waals surface area contributed by atoms with Crippen molar-refractivity contribution in [1.29, 1.82) is 0 Å². The Morgan fingerprint density at radius 2 is 0.596 bits per heavy atom. The molecule has 0 aromatic rings. The van der Waals surface area contributed by atoms with Crippen molar-refractivity contribution in [1.82, 2.24) is 5.32 Å². The van der Waals surface area contributed by atoms with Crippen LogP contribution in [0.15, 0.2) is 0 Å². The highest BCUT2D eigenvalue weighted by molar-refractivity contribution is 5.80. The second kappa shape index (κ2) is 50.8. The molecule has 12 aliphatic carbocycles. The summed E-state index contributed by atoms with van der Waals surface area (Å²) in [5.41, 5.74) is 0.0891. The van der Waals surface area contributed by atoms with Crippen LogP contribution in [0.3, 0.4) is 0 Å². The van der Waals surface area contributed by atoms with Gasteiger partial charge in [0, 0.05) is 68.2 Å². The number of aliphatic hydroxyl groups excluding tert-OH is 20. The molecule has 1 amide bonds. The number of ketones is 2. The molecule has 36 heteroatoms. The molecule has 32 atom stereocenters. The number of hydrogen-bond acceptors (Lipinski definition) is 35. The van der Waals surface area contributed by atoms with Gasteiger partial charge < -0.3 is 164 Å². The lowest BCUT2D eigenvalue weighted by Crippen LogP contribution is -2.63. The molecule has 14 unspecified atom stereocenters. The van der Waals surface area contributed by atoms with Crippen LogP contribution >= 0.6 is 0 Å². The van der Waals surface area contributed by atoms with E-state index < -0.39 is 222 Å². The van der Waals surface area contributed by atoms with Gasteiger partial charge in [-0.25, -0.2) is 0 Å². The molecule has 136 heavy (non-hydrogen) atoms. The minimum absolute atomic E-state index is 0. The average molecular weight is 1950 g/mol. The summed E-state index contributed by atoms with van der Waals surface area (Å²) in [5, 5.41) is 208. The summed E-state index contributed by atoms with van der Waals surface area (Å²) >= 11 is 0. The first-order chi connectivity index (χ1) is 64.6. The van der Waals surface area contributed by atoms with Crippen molar-refractivity contribution in [3.8, 4) is 0 Å². The SMILES string of the molecule is C.CCCCC1(CC(=O)CC(CO[C@H]2OC(CO)[C@H](C)C(O)[C@H]2O)CO[C@H]2OC(CO)[C@H](O)C(O)[C@H]2O)C2CC3CC(C2)CC1C3.CCCCC1(CC(=O)NCCO[C@H]2OC(CO)[C@H](O[C@@H]3OC(CO)[C@H](C)C(O)[C@H]3O)C(O)[C@H]2O)C2CC3CC(C2)CC1C3.CCCCCCC1(CC(=O)CC(CO[C@H]2OC(CO)[C@H](C)C(O)[C@H]2O)CO[C@H]2OC(CO)[C@H](O)C(O)[C@H]2O)C2CC3CC(C2)CC1C3. The molecule has 6 aliphatic heterocycles. The van der Waals surface area contributed by atoms with Crippen molar-refractivity contribution in [2.24, 2.45) is 117 Å². The Balaban J connectivity index is 0.000000183. The predicted octanol–water partition coefficient (Wildman–Crippen LogP) is 2.44. The largest absolute Gasteiger partial charge is 0.394 e. The Kier molecular flexibility index (Phi) is 41.9. The van der Waals surface area contributed by atoms with E-state index in [0.717, 1.165) is 93.3 Å². The number of carbonyl (C=O) groups is 3. The van der Waals surface area contributed by atoms with Gasteiger partial charge >= 0.3 is 0 Å². The summed E-state index contributed by atoms with van der Waals surface area (Å²) in [5.74, 6) is 5.82. The van der Waals surface area contributed by atoms with Gasteiger partial charge in [-0.05, 0) is 203 Å². The van der Waals surface area contributed by atoms with Crippen molar-refractivity contribution in [3.63, 3.8) is 0 Å². The lowest BCUT2D eigenvalue weighted by Gasteiger charge is -2.62. The first kappa shape index (κ1) is 112. The van der Waals surface area contributed by atoms with Crippen LogP contribution in [0.2, 0.25) is 0 Å². The lowest BCUT2D eigenvalue weighted by atomic mass is 9.43. The second-order valence-electron chi connectivity index (χ2n) is 44.3. The van der Waals surface area contributed by atoms with Gasteiger partial charge in [0.2, 0.25) is 5.91 Å². The van der Waals surface area contributed by atoms with Gasteiger partial charge in [-0.3, -0.25) is 14.4 Å². The summed E-state index contributed by atoms with van der Waals surface area (Å²) < 4.78 is 68.8. The van der Waals surface area contributed by atoms with Crippen LogP contribution in [0.4, 0.5) is 0 Å². The van der Waals surface area contributed by atoms with Crippen LogP contribution in [0.1, 0.15) is 248 Å². The molecule has 21 N–H and O–H groups in total. The number of unbranched alkanes of at least 4 members (excludes halogenated alkanes) is 5. The Labute approximate surface area is 802 Å². The monoisotopic (exact) mass is 1950 g/mol. The molecule has 788 valence electrons. The van der Waals surface area contributed by atoms with E-state index in [4.69, 9.17) is 56.8 Å². The first-order valence-corrected chi connectivity index (χ1v) is 51.8. The maximum absolute atomic E-state index is 14.1. The Morgan fingerprint density at radius 1 is 0.316 bits per heavy atom. The van der Waals surface area contributed by atoms with E-state index in [1.165, 1.54) is 109 Å². The van der Waals surface area contributed by atoms with E-state index in [2.05, 4.69) is 26.1 Å². The molecule has 36 nitrogen and oxygen atoms in total. The second-order valence-corrected chi connectivity index (χ2v) is 44.3. The molecular weight excluding hydrogens is 1780 g/mol. The van der Waals surface area contributed by atoms with Crippen molar-refractivity contribution in [2.75, 3.05) is 79.2 Å². The quantitative estimate of drug-likeness (QED) is 0.0389. The van der Waals surface area contributed by atoms with E-state index >= 15 is 0 Å². The van der Waals surface area contributed by atoms with Crippen LogP contribution < -0.4 is 5.32 Å². The topological polar surface area (TPSA) is 579 Å². The molecule has 12 bridgehead atoms. The van der Waals surface area contributed by atoms with Crippen LogP contribution in [0, 0.1) is 117 Å². The first-order valence-electron chi connectivity index (χ1n) is 51.8. The number of ether oxygens (including phenoxy) is 12. The summed E-state index contributed by atoms with van der Waals surface area (Å²) in [6.45, 7) is 8.41. The van der Waals surface area contributed by atoms with E-state index in [9.17, 15) is 117 Å². The van der Waals surface area contributed by atoms with Crippen molar-refractivity contribution in [3.05, 3.63) is 0 Å². The molecule has 18 rings (SSSR count). The third-order valence-corrected chi connectivity index (χ3v) is 35.6. The standard InChI is InChI=1S/C35H60O12.C33H56O12.C31H53NO11.CH4/c1-3-4-5-6-7-35(23-9-20-8-21(11-23)12-24(35)10-20)14-25(38)13-22(17-44-33-31(42)28(39)19(2)26(15-36)46-33)18-45-34-32(43)30(41)29(40)27(16-37)47-34;1-3-4-5-33(21-7-18-6-19(9-21)10-22(33)8-18)12-23(36)11-20(15-42-31-29(40)26(37)17(2)24(13-34)44-31)16-43-32-30(41)28(39)27(38)25(14-35)45-32;1-3-4-5-31(19-9-17-8-18(11-19)12-20(31)10-17)13-23(35)32-6-7-40-29-27(39)25(37)28(22(15-34)42-29)43-30-26(38)24(36)16(2)21(14-33)41-30;/h19-24,26-34,36-37,39-43H,3-18H2,1-2H3;17-22,24-32,34-35,37-41H,3-16H2,1-2H3;16-22,24-30,33-34,36-39H,3-15H2,1-2H3,(H,32,35);1H4/t19-,20?,21?,22?,23?,24?,26?,27?,28?,29-,30?,31+,32+,33-,34-,35?;17-,18?,19?,20?,21?,22?,24?,25?,26?,27-,28?,29+,30+,31-,32-,33?;16-,17?,18?,19?,20?,21?,22?,24?,25?,26+,27+,28-,29-,30-,31?;/m000./s1. The third-order valence-electron chi connectivity index (χ3n) is 35.6. The van der Waals surface area contributed by atoms with Crippen LogP contribution in [-0.4, -0.2) is 365 Å². The molecule has 6 heterocycles. The maximum atomic E-state index is 14.1. The fourth-order valence-corrected chi connectivity index (χ4v) is 28.3. The van der Waals surface area contributed by atoms with E-state index in [1.54, 1.807) is 20.8 Å². The Hall–Kier alpha value is -2.47. The molecule has 0 aromatic heterocycles. The van der Waals surface area contributed by atoms with Gasteiger partial charge in [0.1, 0.15) is 103 Å². The van der Waals surface area contributed by atoms with Crippen molar-refractivity contribution < 1.29 is 173 Å². The highest BCUT2D eigenvalue weighted by Crippen LogP contribution is 2.68. The zero-order valence-corrected chi connectivity index (χ0v) is 80.4. The highest BCUT2D eigenvalue weighted by Gasteiger charge is 2.62. The van der Waals surface area contributed by atoms with Gasteiger partial charge in [-0.1, -0.05) is 100 Å². The highest BCUT2D eigenvalue weighted by atomic mass is 16.8. The number of amides is 1. The van der Waals surface area contributed by atoms with E-state index in [-0.39, 0.29) is 107 Å². The summed E-state index contributed by atoms with van der Waals surface area (Å²) in [7, 11) is 0. The fourth-order valence-electron chi connectivity index (χ4n) is 28.3. The van der Waals surface area contributed by atoms with E-state index in [1.807, 2.05) is 0 Å². The minimum atomic E-state index is -1.60. The average Bonchev–Trinajstić information content (AvgIpc) is 0.731. The van der Waals surface area contributed by atoms with Gasteiger partial charge in [-0.15, -0.1) is 0 Å². The minimum Gasteiger partial charge on any atom is -0.394 e. The van der Waals surface area contributed by atoms with Gasteiger partial charge in [-0.2, -0.15) is 0 Å². The molecular formula is C100H173NO35. The summed E-state index contributed by atoms with van der Waals surface area (Å²) in [6.07, 6.45) is -2.58. The Morgan fingerprint density at radius 3 is 0.926 bits per heavy atom. The molecule has 0 aromatic carbocycles. The molecule has 12 saturated carbocycles. The van der Waals surface area contributed by atoms with Gasteiger partial charge in [0.15, 0.2) is 37.7 Å². The number of hydrogen-bond donors (Lipinski definition) is 21. The lowest BCUT2D eigenvalue weighted by molar-refractivity contribution is -0.355. The molecule has 6 saturated heterocycles. The van der Waals surface area contributed by atoms with Crippen LogP contribution in [0.25, 0.3) is 0 Å². The number of rotatable bonds is 45. The zero-order valence-electron chi connectivity index (χ0n) is 80.4. The number of Topliss-reactive ketones (excluding diaryl/α,β-unsaturated/α-hetero) is 2. The molecule has 0 radical (unpaired) electrons. The van der Waals surface area contributed by atoms with Gasteiger partial charge in [0.25, 0.3) is 0 Å². The Bertz CT molecular complexity index is 3420. The molecule has 18 aliphatic rings. The number of aliphatic hydroxyl groups is 20. The molecule has 0 spiro atoms. The van der Waals surface area contributed by atoms with Gasteiger partial charge in [0.05, 0.1) is 109 Å². The fraction of sp³-hybridized carbons (Fsp3) is 0.970. The predicted molar refractivity (Wildman–Crippen MR) is 487 cm³/mol. The smallest absolute Gasteiger partial charge is 0.220 e. The van der Waals surface area contributed by atoms with E-state index in [0.29, 0.717) is 54.8 Å². The maximum Gasteiger partial charge on any atom is 0.220 e. The zero-order chi connectivity index (χ0) is 97.2. The summed E-state index contributed by atoms with van der Waals surface area (Å²) in [6, 6.07) is 0. The number of carbonyl (C=O) groups excluding carboxylic acids is 3. The van der Waals surface area contributed by atoms with Crippen molar-refractivity contribution in [2.45, 2.75) is 414 Å². The summed E-state index contributed by atoms with van der Waals surface area (Å²) in [4.78, 5) is 41.3. The normalized spacial score (nSPS) is 46.2. The van der Waals surface area contributed by atoms with Crippen LogP contribution in [-0.2, 0) is 71.2 Å². The van der Waals surface area contributed by atoms with Crippen LogP contribution in [0.5, 0.6) is 0 Å². The third kappa shape index (κ3) is 25.5. The number of nitrogens with one attached hydrogen (secondary N) is 1. The van der Waals surface area contributed by atoms with Crippen molar-refractivity contribution >= 4 is 17.5 Å².